The molecule has 10 nitrogen and oxygen atoms in total. The van der Waals surface area contributed by atoms with Gasteiger partial charge in [0.25, 0.3) is 0 Å². The number of aromatic hydroxyl groups is 2. The van der Waals surface area contributed by atoms with Crippen molar-refractivity contribution in [1.29, 1.82) is 0 Å². The van der Waals surface area contributed by atoms with Crippen molar-refractivity contribution >= 4 is 21.2 Å². The summed E-state index contributed by atoms with van der Waals surface area (Å²) in [6.07, 6.45) is -1.14. The monoisotopic (exact) mass is 468 g/mol. The number of carbonyl (C=O) groups excluding carboxylic acids is 1. The van der Waals surface area contributed by atoms with Gasteiger partial charge in [-0.1, -0.05) is 6.07 Å². The van der Waals surface area contributed by atoms with Crippen LogP contribution in [0.1, 0.15) is 44.0 Å². The zero-order chi connectivity index (χ0) is 22.8. The van der Waals surface area contributed by atoms with Gasteiger partial charge in [0.05, 0.1) is 38.1 Å². The number of benzene rings is 1. The van der Waals surface area contributed by atoms with E-state index in [0.29, 0.717) is 0 Å². The molecule has 0 aliphatic rings. The van der Waals surface area contributed by atoms with Crippen molar-refractivity contribution in [2.24, 2.45) is 0 Å². The summed E-state index contributed by atoms with van der Waals surface area (Å²) in [7, 11) is -7.31. The Bertz CT molecular complexity index is 772. The molecule has 12 heteroatoms. The lowest BCUT2D eigenvalue weighted by atomic mass is 10.0. The van der Waals surface area contributed by atoms with Crippen LogP contribution < -0.4 is 0 Å². The number of phosphoric ester groups is 1. The van der Waals surface area contributed by atoms with E-state index in [1.807, 2.05) is 0 Å². The highest BCUT2D eigenvalue weighted by molar-refractivity contribution is 7.53. The lowest BCUT2D eigenvalue weighted by Crippen LogP contribution is -2.21. The Morgan fingerprint density at radius 2 is 1.60 bits per heavy atom. The highest BCUT2D eigenvalue weighted by Crippen LogP contribution is 2.52. The normalized spacial score (nSPS) is 14.9. The molecule has 1 rings (SSSR count). The fourth-order valence-corrected chi connectivity index (χ4v) is 4.78. The molecule has 0 radical (unpaired) electrons. The molecule has 0 amide bonds. The maximum atomic E-state index is 12.7. The van der Waals surface area contributed by atoms with Gasteiger partial charge >= 0.3 is 15.4 Å². The van der Waals surface area contributed by atoms with Gasteiger partial charge in [-0.2, -0.15) is 0 Å². The van der Waals surface area contributed by atoms with Crippen LogP contribution in [0.5, 0.6) is 11.5 Å². The third-order valence-corrected chi connectivity index (χ3v) is 6.77. The smallest absolute Gasteiger partial charge is 0.475 e. The summed E-state index contributed by atoms with van der Waals surface area (Å²) < 4.78 is 50.9. The van der Waals surface area contributed by atoms with E-state index in [0.717, 1.165) is 0 Å². The van der Waals surface area contributed by atoms with E-state index < -0.39 is 38.8 Å². The predicted octanol–water partition coefficient (Wildman–Crippen LogP) is 4.50. The fraction of sp³-hybridized carbons (Fsp3) is 0.611. The molecule has 30 heavy (non-hydrogen) atoms. The molecule has 1 aromatic rings. The van der Waals surface area contributed by atoms with E-state index >= 15 is 0 Å². The minimum Gasteiger partial charge on any atom is -0.504 e. The maximum absolute atomic E-state index is 12.7. The van der Waals surface area contributed by atoms with Crippen LogP contribution in [-0.2, 0) is 31.7 Å². The Morgan fingerprint density at radius 1 is 1.00 bits per heavy atom. The summed E-state index contributed by atoms with van der Waals surface area (Å²) >= 11 is 0. The van der Waals surface area contributed by atoms with Crippen molar-refractivity contribution < 1.29 is 46.8 Å². The van der Waals surface area contributed by atoms with Gasteiger partial charge in [-0.25, -0.2) is 4.57 Å². The van der Waals surface area contributed by atoms with Crippen LogP contribution in [0.25, 0.3) is 0 Å². The zero-order valence-electron chi connectivity index (χ0n) is 17.6. The molecule has 172 valence electrons. The van der Waals surface area contributed by atoms with Gasteiger partial charge in [-0.3, -0.25) is 22.9 Å². The lowest BCUT2D eigenvalue weighted by Gasteiger charge is -2.24. The Labute approximate surface area is 176 Å². The van der Waals surface area contributed by atoms with E-state index in [9.17, 15) is 24.1 Å². The average Bonchev–Trinajstić information content (AvgIpc) is 2.66. The van der Waals surface area contributed by atoms with E-state index in [1.165, 1.54) is 24.9 Å². The molecule has 0 aliphatic carbocycles. The van der Waals surface area contributed by atoms with Gasteiger partial charge in [-0.05, 0) is 39.3 Å². The predicted molar refractivity (Wildman–Crippen MR) is 110 cm³/mol. The quantitative estimate of drug-likeness (QED) is 0.215. The molecule has 0 aliphatic heterocycles. The van der Waals surface area contributed by atoms with Crippen LogP contribution in [0.2, 0.25) is 0 Å². The first-order valence-corrected chi connectivity index (χ1v) is 13.0. The van der Waals surface area contributed by atoms with E-state index in [1.54, 1.807) is 20.8 Å². The SMILES string of the molecule is CCOP(C)(=O)OCC(CCC(=O)c1cccc(O)c1O)OP(=O)(OCC)OCC. The number of carbonyl (C=O) groups is 1. The first kappa shape index (κ1) is 26.8. The average molecular weight is 468 g/mol. The summed E-state index contributed by atoms with van der Waals surface area (Å²) in [6, 6.07) is 4.04. The number of hydrogen-bond acceptors (Lipinski definition) is 10. The number of rotatable bonds is 15. The Balaban J connectivity index is 2.93. The summed E-state index contributed by atoms with van der Waals surface area (Å²) in [6.45, 7) is 6.18. The van der Waals surface area contributed by atoms with Crippen molar-refractivity contribution in [1.82, 2.24) is 0 Å². The van der Waals surface area contributed by atoms with Crippen molar-refractivity contribution in [3.63, 3.8) is 0 Å². The summed E-state index contributed by atoms with van der Waals surface area (Å²) in [5.41, 5.74) is -0.0667. The standard InChI is InChI=1S/C18H30O10P2/c1-5-24-29(4,22)27-13-14(28-30(23,25-6-2)26-7-3)11-12-16(19)15-9-8-10-17(20)18(15)21/h8-10,14,20-21H,5-7,11-13H2,1-4H3. The summed E-state index contributed by atoms with van der Waals surface area (Å²) in [5.74, 6) is -1.43. The number of para-hydroxylation sites is 1. The molecule has 0 saturated carbocycles. The van der Waals surface area contributed by atoms with Gasteiger partial charge in [-0.15, -0.1) is 0 Å². The third-order valence-electron chi connectivity index (χ3n) is 3.72. The Hall–Kier alpha value is -1.25. The van der Waals surface area contributed by atoms with E-state index in [2.05, 4.69) is 0 Å². The summed E-state index contributed by atoms with van der Waals surface area (Å²) in [4.78, 5) is 12.5. The lowest BCUT2D eigenvalue weighted by molar-refractivity contribution is 0.0473. The molecule has 2 unspecified atom stereocenters. The molecule has 1 aromatic carbocycles. The van der Waals surface area contributed by atoms with Gasteiger partial charge in [0.15, 0.2) is 17.3 Å². The number of phenolic OH excluding ortho intramolecular Hbond substituents is 2. The Kier molecular flexibility index (Phi) is 11.2. The van der Waals surface area contributed by atoms with Crippen LogP contribution in [0.4, 0.5) is 0 Å². The molecule has 0 aromatic heterocycles. The second-order valence-electron chi connectivity index (χ2n) is 6.13. The number of hydrogen-bond donors (Lipinski definition) is 2. The molecule has 0 saturated heterocycles. The zero-order valence-corrected chi connectivity index (χ0v) is 19.4. The van der Waals surface area contributed by atoms with Crippen LogP contribution in [0, 0.1) is 0 Å². The first-order valence-electron chi connectivity index (χ1n) is 9.55. The van der Waals surface area contributed by atoms with Crippen molar-refractivity contribution in [2.45, 2.75) is 39.7 Å². The van der Waals surface area contributed by atoms with Crippen LogP contribution >= 0.6 is 15.4 Å². The van der Waals surface area contributed by atoms with Gasteiger partial charge in [0.2, 0.25) is 0 Å². The number of Topliss-reactive ketones (excluding diaryl/α,β-unsaturated/α-hetero) is 1. The molecule has 2 atom stereocenters. The second kappa shape index (κ2) is 12.6. The highest BCUT2D eigenvalue weighted by atomic mass is 31.2. The fourth-order valence-electron chi connectivity index (χ4n) is 2.44. The molecule has 0 heterocycles. The van der Waals surface area contributed by atoms with Gasteiger partial charge in [0.1, 0.15) is 0 Å². The Morgan fingerprint density at radius 3 is 2.17 bits per heavy atom. The first-order chi connectivity index (χ1) is 14.1. The third kappa shape index (κ3) is 8.86. The molecule has 2 N–H and O–H groups in total. The van der Waals surface area contributed by atoms with E-state index in [4.69, 9.17) is 22.6 Å². The largest absolute Gasteiger partial charge is 0.504 e. The number of ketones is 1. The number of phenols is 2. The van der Waals surface area contributed by atoms with Gasteiger partial charge in [0, 0.05) is 13.1 Å². The minimum absolute atomic E-state index is 0.00973. The van der Waals surface area contributed by atoms with Crippen molar-refractivity contribution in [2.75, 3.05) is 33.1 Å². The highest BCUT2D eigenvalue weighted by Gasteiger charge is 2.32. The molecule has 0 bridgehead atoms. The summed E-state index contributed by atoms with van der Waals surface area (Å²) in [5, 5.41) is 19.4. The van der Waals surface area contributed by atoms with Gasteiger partial charge < -0.3 is 19.3 Å². The van der Waals surface area contributed by atoms with Crippen molar-refractivity contribution in [3.8, 4) is 11.5 Å². The van der Waals surface area contributed by atoms with Crippen molar-refractivity contribution in [3.05, 3.63) is 23.8 Å². The maximum Gasteiger partial charge on any atom is 0.475 e. The topological polar surface area (TPSA) is 138 Å². The molecule has 0 spiro atoms. The van der Waals surface area contributed by atoms with Crippen LogP contribution in [0.15, 0.2) is 18.2 Å². The molecule has 0 fully saturated rings. The van der Waals surface area contributed by atoms with Crippen LogP contribution in [-0.4, -0.2) is 55.2 Å². The minimum atomic E-state index is -3.93. The molecular formula is C18H30O10P2. The molecular weight excluding hydrogens is 438 g/mol. The van der Waals surface area contributed by atoms with Crippen LogP contribution in [0.3, 0.4) is 0 Å². The second-order valence-corrected chi connectivity index (χ2v) is 9.81. The number of phosphoric acid groups is 1. The van der Waals surface area contributed by atoms with E-state index in [-0.39, 0.29) is 44.8 Å².